The van der Waals surface area contributed by atoms with Crippen LogP contribution in [0.25, 0.3) is 0 Å². The van der Waals surface area contributed by atoms with Crippen LogP contribution in [0.4, 0.5) is 0 Å². The fourth-order valence-corrected chi connectivity index (χ4v) is 1.60. The quantitative estimate of drug-likeness (QED) is 0.607. The summed E-state index contributed by atoms with van der Waals surface area (Å²) in [5, 5.41) is 0. The van der Waals surface area contributed by atoms with Gasteiger partial charge in [0.2, 0.25) is 0 Å². The molecule has 0 radical (unpaired) electrons. The SMILES string of the molecule is C=CC1=CC(=O)C(=C(C)C=C)CCC1. The lowest BCUT2D eigenvalue weighted by molar-refractivity contribution is -0.111. The van der Waals surface area contributed by atoms with Crippen LogP contribution in [-0.2, 0) is 4.79 Å². The van der Waals surface area contributed by atoms with E-state index in [2.05, 4.69) is 13.2 Å². The monoisotopic (exact) mass is 188 g/mol. The van der Waals surface area contributed by atoms with Gasteiger partial charge in [-0.2, -0.15) is 0 Å². The minimum absolute atomic E-state index is 0.120. The molecular weight excluding hydrogens is 172 g/mol. The maximum atomic E-state index is 11.8. The molecule has 0 amide bonds. The zero-order valence-electron chi connectivity index (χ0n) is 8.68. The van der Waals surface area contributed by atoms with Crippen molar-refractivity contribution >= 4 is 5.78 Å². The molecule has 0 saturated carbocycles. The Morgan fingerprint density at radius 2 is 2.14 bits per heavy atom. The van der Waals surface area contributed by atoms with Crippen molar-refractivity contribution in [1.29, 1.82) is 0 Å². The second-order valence-corrected chi connectivity index (χ2v) is 3.51. The molecule has 0 atom stereocenters. The maximum absolute atomic E-state index is 11.8. The molecule has 0 bridgehead atoms. The predicted molar refractivity (Wildman–Crippen MR) is 60.0 cm³/mol. The molecule has 0 aromatic heterocycles. The molecule has 0 spiro atoms. The number of allylic oxidation sites excluding steroid dienone is 6. The molecule has 0 aromatic carbocycles. The first-order valence-electron chi connectivity index (χ1n) is 4.88. The van der Waals surface area contributed by atoms with Crippen molar-refractivity contribution in [3.8, 4) is 0 Å². The van der Waals surface area contributed by atoms with E-state index in [1.54, 1.807) is 18.2 Å². The zero-order chi connectivity index (χ0) is 10.6. The van der Waals surface area contributed by atoms with Gasteiger partial charge in [0.1, 0.15) is 0 Å². The highest BCUT2D eigenvalue weighted by Gasteiger charge is 2.13. The van der Waals surface area contributed by atoms with Gasteiger partial charge < -0.3 is 0 Å². The second kappa shape index (κ2) is 4.75. The van der Waals surface area contributed by atoms with Crippen LogP contribution in [0.3, 0.4) is 0 Å². The van der Waals surface area contributed by atoms with Gasteiger partial charge >= 0.3 is 0 Å². The van der Waals surface area contributed by atoms with E-state index in [-0.39, 0.29) is 5.78 Å². The molecule has 0 aromatic rings. The Morgan fingerprint density at radius 1 is 1.43 bits per heavy atom. The smallest absolute Gasteiger partial charge is 0.182 e. The molecule has 1 heteroatoms. The molecule has 1 aliphatic rings. The molecule has 74 valence electrons. The van der Waals surface area contributed by atoms with Gasteiger partial charge in [0.05, 0.1) is 0 Å². The fourth-order valence-electron chi connectivity index (χ4n) is 1.60. The summed E-state index contributed by atoms with van der Waals surface area (Å²) >= 11 is 0. The highest BCUT2D eigenvalue weighted by Crippen LogP contribution is 2.22. The minimum atomic E-state index is 0.120. The Balaban J connectivity index is 3.04. The molecule has 1 nitrogen and oxygen atoms in total. The van der Waals surface area contributed by atoms with E-state index >= 15 is 0 Å². The average molecular weight is 188 g/mol. The van der Waals surface area contributed by atoms with Crippen LogP contribution in [0.15, 0.2) is 48.1 Å². The van der Waals surface area contributed by atoms with E-state index in [0.717, 1.165) is 36.0 Å². The van der Waals surface area contributed by atoms with Crippen LogP contribution in [0, 0.1) is 0 Å². The largest absolute Gasteiger partial charge is 0.290 e. The van der Waals surface area contributed by atoms with E-state index in [1.807, 2.05) is 6.92 Å². The van der Waals surface area contributed by atoms with Gasteiger partial charge in [-0.25, -0.2) is 0 Å². The first-order valence-corrected chi connectivity index (χ1v) is 4.88. The minimum Gasteiger partial charge on any atom is -0.290 e. The van der Waals surface area contributed by atoms with E-state index in [0.29, 0.717) is 0 Å². The highest BCUT2D eigenvalue weighted by molar-refractivity contribution is 6.05. The second-order valence-electron chi connectivity index (χ2n) is 3.51. The molecule has 1 rings (SSSR count). The predicted octanol–water partition coefficient (Wildman–Crippen LogP) is 3.35. The third-order valence-electron chi connectivity index (χ3n) is 2.55. The molecule has 0 unspecified atom stereocenters. The lowest BCUT2D eigenvalue weighted by Gasteiger charge is -2.02. The van der Waals surface area contributed by atoms with Crippen LogP contribution in [0.2, 0.25) is 0 Å². The van der Waals surface area contributed by atoms with Gasteiger partial charge in [-0.05, 0) is 43.4 Å². The Bertz CT molecular complexity index is 329. The van der Waals surface area contributed by atoms with Gasteiger partial charge in [0.15, 0.2) is 5.78 Å². The van der Waals surface area contributed by atoms with Gasteiger partial charge in [-0.15, -0.1) is 0 Å². The zero-order valence-corrected chi connectivity index (χ0v) is 8.68. The summed E-state index contributed by atoms with van der Waals surface area (Å²) < 4.78 is 0. The van der Waals surface area contributed by atoms with Crippen molar-refractivity contribution in [2.24, 2.45) is 0 Å². The van der Waals surface area contributed by atoms with Gasteiger partial charge in [-0.3, -0.25) is 4.79 Å². The van der Waals surface area contributed by atoms with Gasteiger partial charge in [-0.1, -0.05) is 25.3 Å². The first kappa shape index (κ1) is 10.7. The third-order valence-corrected chi connectivity index (χ3v) is 2.55. The Labute approximate surface area is 85.5 Å². The van der Waals surface area contributed by atoms with E-state index in [4.69, 9.17) is 0 Å². The molecular formula is C13H16O. The topological polar surface area (TPSA) is 17.1 Å². The van der Waals surface area contributed by atoms with Crippen LogP contribution in [-0.4, -0.2) is 5.78 Å². The Hall–Kier alpha value is -1.37. The summed E-state index contributed by atoms with van der Waals surface area (Å²) in [6, 6.07) is 0. The Kier molecular flexibility index (Phi) is 3.63. The van der Waals surface area contributed by atoms with Crippen LogP contribution >= 0.6 is 0 Å². The number of ketones is 1. The molecule has 0 N–H and O–H groups in total. The lowest BCUT2D eigenvalue weighted by atomic mass is 10.0. The molecule has 0 fully saturated rings. The molecule has 0 saturated heterocycles. The fraction of sp³-hybridized carbons (Fsp3) is 0.308. The van der Waals surface area contributed by atoms with Crippen molar-refractivity contribution in [2.45, 2.75) is 26.2 Å². The van der Waals surface area contributed by atoms with Crippen LogP contribution in [0.1, 0.15) is 26.2 Å². The first-order chi connectivity index (χ1) is 6.69. The van der Waals surface area contributed by atoms with Gasteiger partial charge in [0.25, 0.3) is 0 Å². The number of carbonyl (C=O) groups excluding carboxylic acids is 1. The van der Waals surface area contributed by atoms with Crippen molar-refractivity contribution in [1.82, 2.24) is 0 Å². The normalized spacial score (nSPS) is 20.9. The number of carbonyl (C=O) groups is 1. The van der Waals surface area contributed by atoms with Crippen molar-refractivity contribution in [3.63, 3.8) is 0 Å². The maximum Gasteiger partial charge on any atom is 0.182 e. The summed E-state index contributed by atoms with van der Waals surface area (Å²) in [5.41, 5.74) is 2.94. The van der Waals surface area contributed by atoms with E-state index < -0.39 is 0 Å². The van der Waals surface area contributed by atoms with E-state index in [1.165, 1.54) is 0 Å². The molecule has 0 aliphatic heterocycles. The summed E-state index contributed by atoms with van der Waals surface area (Å²) in [7, 11) is 0. The molecule has 1 aliphatic carbocycles. The molecule has 14 heavy (non-hydrogen) atoms. The van der Waals surface area contributed by atoms with Gasteiger partial charge in [0, 0.05) is 5.57 Å². The highest BCUT2D eigenvalue weighted by atomic mass is 16.1. The van der Waals surface area contributed by atoms with Crippen LogP contribution < -0.4 is 0 Å². The summed E-state index contributed by atoms with van der Waals surface area (Å²) in [5.74, 6) is 0.120. The summed E-state index contributed by atoms with van der Waals surface area (Å²) in [6.07, 6.45) is 8.03. The molecule has 0 heterocycles. The van der Waals surface area contributed by atoms with Crippen LogP contribution in [0.5, 0.6) is 0 Å². The van der Waals surface area contributed by atoms with Crippen molar-refractivity contribution in [2.75, 3.05) is 0 Å². The average Bonchev–Trinajstić information content (AvgIpc) is 2.38. The van der Waals surface area contributed by atoms with Crippen molar-refractivity contribution in [3.05, 3.63) is 48.1 Å². The Morgan fingerprint density at radius 3 is 2.71 bits per heavy atom. The number of hydrogen-bond acceptors (Lipinski definition) is 1. The summed E-state index contributed by atoms with van der Waals surface area (Å²) in [6.45, 7) is 9.32. The summed E-state index contributed by atoms with van der Waals surface area (Å²) in [4.78, 5) is 11.8. The van der Waals surface area contributed by atoms with E-state index in [9.17, 15) is 4.79 Å². The number of rotatable bonds is 2. The van der Waals surface area contributed by atoms with Crippen molar-refractivity contribution < 1.29 is 4.79 Å². The third kappa shape index (κ3) is 2.32. The lowest BCUT2D eigenvalue weighted by Crippen LogP contribution is -1.99. The number of hydrogen-bond donors (Lipinski definition) is 0. The standard InChI is InChI=1S/C13H16O/c1-4-10(3)12-8-6-7-11(5-2)9-13(12)14/h4-5,9H,1-2,6-8H2,3H3.